The molecule has 0 unspecified atom stereocenters. The smallest absolute Gasteiger partial charge is 0.159 e. The van der Waals surface area contributed by atoms with Gasteiger partial charge in [0, 0.05) is 22.3 Å². The van der Waals surface area contributed by atoms with Gasteiger partial charge in [-0.25, -0.2) is 46.3 Å². The number of aromatic nitrogens is 4. The van der Waals surface area contributed by atoms with Gasteiger partial charge in [0.2, 0.25) is 0 Å². The summed E-state index contributed by atoms with van der Waals surface area (Å²) >= 11 is 0. The molecule has 0 atom stereocenters. The molecule has 0 spiro atoms. The highest BCUT2D eigenvalue weighted by atomic mass is 19.2. The molecule has 2 heterocycles. The minimum absolute atomic E-state index is 0.0129. The Hall–Kier alpha value is -7.94. The van der Waals surface area contributed by atoms with Crippen molar-refractivity contribution < 1.29 is 26.3 Å². The van der Waals surface area contributed by atoms with Crippen molar-refractivity contribution in [2.45, 2.75) is 6.92 Å². The van der Waals surface area contributed by atoms with E-state index in [2.05, 4.69) is 9.97 Å². The Kier molecular flexibility index (Phi) is 8.95. The number of hydrogen-bond acceptors (Lipinski definition) is 8. The maximum atomic E-state index is 14.7. The number of hydrogen-bond donors (Lipinski definition) is 0. The number of fused-ring (bicyclic) bond motifs is 2. The molecular formula is C41H16F6N8. The fraction of sp³-hybridized carbons (Fsp3) is 0.0244. The Labute approximate surface area is 306 Å². The lowest BCUT2D eigenvalue weighted by Gasteiger charge is -2.15. The summed E-state index contributed by atoms with van der Waals surface area (Å²) in [4.78, 5) is 18.9. The molecular weight excluding hydrogens is 718 g/mol. The minimum atomic E-state index is -1.31. The van der Waals surface area contributed by atoms with E-state index in [0.29, 0.717) is 5.56 Å². The van der Waals surface area contributed by atoms with Gasteiger partial charge in [-0.1, -0.05) is 29.8 Å². The van der Waals surface area contributed by atoms with Crippen molar-refractivity contribution >= 4 is 33.2 Å². The number of benzene rings is 5. The van der Waals surface area contributed by atoms with Crippen LogP contribution in [0.3, 0.4) is 0 Å². The van der Waals surface area contributed by atoms with Gasteiger partial charge in [0.1, 0.15) is 57.5 Å². The van der Waals surface area contributed by atoms with Gasteiger partial charge in [-0.15, -0.1) is 0 Å². The molecule has 0 bridgehead atoms. The zero-order chi connectivity index (χ0) is 39.1. The van der Waals surface area contributed by atoms with Gasteiger partial charge in [-0.3, -0.25) is 0 Å². The second-order valence-electron chi connectivity index (χ2n) is 11.9. The zero-order valence-corrected chi connectivity index (χ0v) is 27.9. The molecule has 0 aliphatic rings. The third kappa shape index (κ3) is 6.10. The molecule has 0 aliphatic heterocycles. The summed E-state index contributed by atoms with van der Waals surface area (Å²) in [5.41, 5.74) is -2.04. The lowest BCUT2D eigenvalue weighted by molar-refractivity contribution is 0.509. The van der Waals surface area contributed by atoms with Gasteiger partial charge in [-0.05, 0) is 61.5 Å². The maximum absolute atomic E-state index is 14.7. The van der Waals surface area contributed by atoms with Crippen LogP contribution in [0.4, 0.5) is 26.3 Å². The first-order valence-corrected chi connectivity index (χ1v) is 15.9. The molecule has 8 nitrogen and oxygen atoms in total. The van der Waals surface area contributed by atoms with E-state index in [1.54, 1.807) is 48.5 Å². The Balaban J connectivity index is 1.81. The first-order chi connectivity index (χ1) is 26.5. The number of nitriles is 4. The predicted molar refractivity (Wildman–Crippen MR) is 187 cm³/mol. The summed E-state index contributed by atoms with van der Waals surface area (Å²) in [6, 6.07) is 22.2. The monoisotopic (exact) mass is 734 g/mol. The molecule has 14 heteroatoms. The Bertz CT molecular complexity index is 3090. The lowest BCUT2D eigenvalue weighted by Crippen LogP contribution is -2.24. The van der Waals surface area contributed by atoms with Crippen molar-refractivity contribution in [3.05, 3.63) is 130 Å². The standard InChI is InChI=1S/C41H16F6N8/c1-19-2-4-20(5-3-19)34-35(21-6-9-26(42)29(45)12-21)53-39-33(25(17-50)18-51)41-40(32(38(39)52-34)24(15-48)16-49)54-36(22-7-10-27(43)30(46)13-22)37(55-41)23-8-11-28(44)31(47)14-23/h2-14H,1H3. The van der Waals surface area contributed by atoms with Crippen molar-refractivity contribution in [1.29, 1.82) is 21.0 Å². The van der Waals surface area contributed by atoms with Crippen LogP contribution in [0.5, 0.6) is 0 Å². The van der Waals surface area contributed by atoms with Crippen LogP contribution in [-0.4, -0.2) is 19.9 Å². The van der Waals surface area contributed by atoms with Crippen LogP contribution in [0.25, 0.3) is 78.2 Å². The van der Waals surface area contributed by atoms with Gasteiger partial charge in [0.05, 0.1) is 33.2 Å². The average molecular weight is 735 g/mol. The SMILES string of the molecule is Cc1ccc(-c2nc3c(=C(C#N)C#N)c4nc(-c5ccc(F)c(F)c5)c(-c5ccc(F)c(F)c5)nc4c(=C(C#N)C#N)c3nc2-c2ccc(F)c(F)c2)cc1. The van der Waals surface area contributed by atoms with Gasteiger partial charge >= 0.3 is 0 Å². The van der Waals surface area contributed by atoms with Crippen LogP contribution in [0.2, 0.25) is 0 Å². The van der Waals surface area contributed by atoms with Gasteiger partial charge in [-0.2, -0.15) is 21.0 Å². The first-order valence-electron chi connectivity index (χ1n) is 15.9. The van der Waals surface area contributed by atoms with Crippen molar-refractivity contribution in [2.24, 2.45) is 0 Å². The van der Waals surface area contributed by atoms with Crippen LogP contribution in [0.1, 0.15) is 5.56 Å². The molecule has 0 N–H and O–H groups in total. The minimum Gasteiger partial charge on any atom is -0.243 e. The summed E-state index contributed by atoms with van der Waals surface area (Å²) in [7, 11) is 0. The number of nitrogens with zero attached hydrogens (tertiary/aromatic N) is 8. The molecule has 5 aromatic carbocycles. The summed E-state index contributed by atoms with van der Waals surface area (Å²) in [6.45, 7) is 1.82. The van der Waals surface area contributed by atoms with Crippen molar-refractivity contribution in [3.8, 4) is 69.3 Å². The van der Waals surface area contributed by atoms with E-state index in [-0.39, 0.29) is 72.0 Å². The molecule has 55 heavy (non-hydrogen) atoms. The maximum Gasteiger partial charge on any atom is 0.159 e. The first kappa shape index (κ1) is 35.5. The highest BCUT2D eigenvalue weighted by Crippen LogP contribution is 2.34. The van der Waals surface area contributed by atoms with E-state index in [1.165, 1.54) is 6.07 Å². The Morgan fingerprint density at radius 1 is 0.400 bits per heavy atom. The molecule has 0 radical (unpaired) electrons. The molecule has 262 valence electrons. The highest BCUT2D eigenvalue weighted by molar-refractivity contribution is 6.03. The summed E-state index contributed by atoms with van der Waals surface area (Å²) in [6.07, 6.45) is 0. The average Bonchev–Trinajstić information content (AvgIpc) is 3.19. The molecule has 0 aliphatic carbocycles. The largest absolute Gasteiger partial charge is 0.243 e. The van der Waals surface area contributed by atoms with Gasteiger partial charge in [0.25, 0.3) is 0 Å². The lowest BCUT2D eigenvalue weighted by atomic mass is 9.99. The van der Waals surface area contributed by atoms with Crippen LogP contribution in [0, 0.1) is 87.2 Å². The third-order valence-electron chi connectivity index (χ3n) is 8.59. The van der Waals surface area contributed by atoms with Crippen LogP contribution >= 0.6 is 0 Å². The topological polar surface area (TPSA) is 147 Å². The van der Waals surface area contributed by atoms with E-state index >= 15 is 0 Å². The second-order valence-corrected chi connectivity index (χ2v) is 11.9. The predicted octanol–water partition coefficient (Wildman–Crippen LogP) is 7.78. The number of aryl methyl sites for hydroxylation is 1. The van der Waals surface area contributed by atoms with Crippen molar-refractivity contribution in [3.63, 3.8) is 0 Å². The van der Waals surface area contributed by atoms with Gasteiger partial charge < -0.3 is 0 Å². The van der Waals surface area contributed by atoms with E-state index in [4.69, 9.17) is 9.97 Å². The summed E-state index contributed by atoms with van der Waals surface area (Å²) in [5, 5.41) is 40.4. The van der Waals surface area contributed by atoms with E-state index < -0.39 is 46.0 Å². The van der Waals surface area contributed by atoms with Crippen molar-refractivity contribution in [2.75, 3.05) is 0 Å². The van der Waals surface area contributed by atoms with Crippen molar-refractivity contribution in [1.82, 2.24) is 19.9 Å². The molecule has 7 rings (SSSR count). The van der Waals surface area contributed by atoms with Crippen LogP contribution in [0.15, 0.2) is 78.9 Å². The second kappa shape index (κ2) is 13.9. The number of rotatable bonds is 4. The molecule has 0 amide bonds. The van der Waals surface area contributed by atoms with Crippen LogP contribution in [-0.2, 0) is 0 Å². The molecule has 7 aromatic rings. The molecule has 0 saturated heterocycles. The van der Waals surface area contributed by atoms with E-state index in [1.807, 2.05) is 6.92 Å². The Morgan fingerprint density at radius 2 is 0.673 bits per heavy atom. The molecule has 2 aromatic heterocycles. The molecule has 0 saturated carbocycles. The summed E-state index contributed by atoms with van der Waals surface area (Å²) in [5.74, 6) is -7.45. The fourth-order valence-electron chi connectivity index (χ4n) is 5.99. The normalized spacial score (nSPS) is 10.7. The third-order valence-corrected chi connectivity index (χ3v) is 8.59. The highest BCUT2D eigenvalue weighted by Gasteiger charge is 2.25. The zero-order valence-electron chi connectivity index (χ0n) is 27.9. The summed E-state index contributed by atoms with van der Waals surface area (Å²) < 4.78 is 86.6. The van der Waals surface area contributed by atoms with E-state index in [9.17, 15) is 47.4 Å². The molecule has 0 fully saturated rings. The van der Waals surface area contributed by atoms with E-state index in [0.717, 1.165) is 54.1 Å². The number of halogens is 6. The van der Waals surface area contributed by atoms with Crippen LogP contribution < -0.4 is 10.4 Å². The fourth-order valence-corrected chi connectivity index (χ4v) is 5.99. The quantitative estimate of drug-likeness (QED) is 0.132. The Morgan fingerprint density at radius 3 is 0.945 bits per heavy atom. The van der Waals surface area contributed by atoms with Gasteiger partial charge in [0.15, 0.2) is 34.9 Å².